The summed E-state index contributed by atoms with van der Waals surface area (Å²) in [6.07, 6.45) is 8.64. The van der Waals surface area contributed by atoms with Gasteiger partial charge in [0.2, 0.25) is 0 Å². The molecule has 1 aromatic rings. The lowest BCUT2D eigenvalue weighted by atomic mass is 9.82. The average Bonchev–Trinajstić information content (AvgIpc) is 2.75. The summed E-state index contributed by atoms with van der Waals surface area (Å²) in [6, 6.07) is 9.85. The highest BCUT2D eigenvalue weighted by Crippen LogP contribution is 2.32. The lowest BCUT2D eigenvalue weighted by Gasteiger charge is -2.32. The molecule has 0 N–H and O–H groups in total. The Morgan fingerprint density at radius 3 is 2.45 bits per heavy atom. The Morgan fingerprint density at radius 2 is 1.79 bits per heavy atom. The Kier molecular flexibility index (Phi) is 10.4. The van der Waals surface area contributed by atoms with Crippen LogP contribution in [0.5, 0.6) is 0 Å². The molecule has 1 unspecified atom stereocenters. The normalized spacial score (nSPS) is 17.4. The van der Waals surface area contributed by atoms with Gasteiger partial charge in [0.05, 0.1) is 6.61 Å². The number of allylic oxidation sites excluding steroid dienone is 1. The smallest absolute Gasteiger partial charge is 0.306 e. The molecule has 0 saturated heterocycles. The molecule has 0 aromatic heterocycles. The van der Waals surface area contributed by atoms with Crippen molar-refractivity contribution in [2.45, 2.75) is 72.8 Å². The van der Waals surface area contributed by atoms with E-state index in [0.717, 1.165) is 24.2 Å². The van der Waals surface area contributed by atoms with E-state index in [1.807, 2.05) is 83.2 Å². The van der Waals surface area contributed by atoms with E-state index in [-0.39, 0.29) is 23.3 Å². The average molecular weight is 457 g/mol. The van der Waals surface area contributed by atoms with Crippen LogP contribution < -0.4 is 0 Å². The van der Waals surface area contributed by atoms with Crippen LogP contribution in [-0.4, -0.2) is 37.7 Å². The first kappa shape index (κ1) is 26.8. The summed E-state index contributed by atoms with van der Waals surface area (Å²) in [4.78, 5) is 24.4. The van der Waals surface area contributed by atoms with Gasteiger partial charge in [0.25, 0.3) is 0 Å². The van der Waals surface area contributed by atoms with Crippen LogP contribution in [0.4, 0.5) is 0 Å². The van der Waals surface area contributed by atoms with Gasteiger partial charge in [-0.3, -0.25) is 9.59 Å². The molecule has 1 aliphatic carbocycles. The van der Waals surface area contributed by atoms with Crippen LogP contribution in [0.1, 0.15) is 65.9 Å². The van der Waals surface area contributed by atoms with E-state index >= 15 is 0 Å². The number of Topliss-reactive ketones (excluding diaryl/α,β-unsaturated/α-hetero) is 1. The Labute approximate surface area is 199 Å². The second-order valence-electron chi connectivity index (χ2n) is 9.92. The number of hydrogen-bond donors (Lipinski definition) is 0. The van der Waals surface area contributed by atoms with Crippen LogP contribution in [0.15, 0.2) is 54.3 Å². The third-order valence-electron chi connectivity index (χ3n) is 5.93. The molecule has 5 nitrogen and oxygen atoms in total. The number of rotatable bonds is 14. The fourth-order valence-electron chi connectivity index (χ4n) is 3.55. The number of ether oxygens (including phenoxy) is 3. The molecule has 0 fully saturated rings. The molecule has 0 spiro atoms. The van der Waals surface area contributed by atoms with E-state index in [0.29, 0.717) is 39.1 Å². The van der Waals surface area contributed by atoms with Crippen molar-refractivity contribution < 1.29 is 23.8 Å². The summed E-state index contributed by atoms with van der Waals surface area (Å²) >= 11 is 0. The van der Waals surface area contributed by atoms with Gasteiger partial charge in [0.15, 0.2) is 0 Å². The van der Waals surface area contributed by atoms with Crippen LogP contribution in [0.3, 0.4) is 0 Å². The highest BCUT2D eigenvalue weighted by Gasteiger charge is 2.32. The fourth-order valence-corrected chi connectivity index (χ4v) is 3.55. The highest BCUT2D eigenvalue weighted by atomic mass is 16.5. The van der Waals surface area contributed by atoms with E-state index in [4.69, 9.17) is 14.2 Å². The first-order chi connectivity index (χ1) is 15.6. The van der Waals surface area contributed by atoms with Crippen molar-refractivity contribution in [1.29, 1.82) is 0 Å². The van der Waals surface area contributed by atoms with E-state index < -0.39 is 5.41 Å². The molecule has 1 aliphatic rings. The van der Waals surface area contributed by atoms with Gasteiger partial charge >= 0.3 is 5.97 Å². The monoisotopic (exact) mass is 456 g/mol. The molecule has 0 amide bonds. The van der Waals surface area contributed by atoms with Crippen molar-refractivity contribution in [3.63, 3.8) is 0 Å². The maximum Gasteiger partial charge on any atom is 0.306 e. The maximum atomic E-state index is 12.6. The van der Waals surface area contributed by atoms with Crippen molar-refractivity contribution in [3.05, 3.63) is 59.9 Å². The number of benzene rings is 1. The summed E-state index contributed by atoms with van der Waals surface area (Å²) in [5, 5.41) is 0. The van der Waals surface area contributed by atoms with E-state index in [2.05, 4.69) is 0 Å². The minimum Gasteiger partial charge on any atom is -0.494 e. The van der Waals surface area contributed by atoms with Crippen LogP contribution in [0, 0.1) is 10.8 Å². The van der Waals surface area contributed by atoms with Crippen LogP contribution in [0.2, 0.25) is 0 Å². The molecule has 0 bridgehead atoms. The minimum atomic E-state index is -0.410. The molecule has 0 radical (unpaired) electrons. The van der Waals surface area contributed by atoms with E-state index in [9.17, 15) is 9.59 Å². The molecule has 0 aliphatic heterocycles. The highest BCUT2D eigenvalue weighted by molar-refractivity contribution is 5.86. The standard InChI is InChI=1S/C28H40O5/c1-6-11-26(30)33-25-15-14-23(21-28(25,4)5)32-18-10-17-31-19-16-27(2,3)24(29)20-22-12-8-7-9-13-22/h7-9,12-15,21,25H,6,10-11,16-20H2,1-5H3. The van der Waals surface area contributed by atoms with Gasteiger partial charge < -0.3 is 14.2 Å². The zero-order valence-corrected chi connectivity index (χ0v) is 20.9. The third-order valence-corrected chi connectivity index (χ3v) is 5.93. The number of esters is 1. The third kappa shape index (κ3) is 9.17. The summed E-state index contributed by atoms with van der Waals surface area (Å²) in [7, 11) is 0. The number of hydrogen-bond acceptors (Lipinski definition) is 5. The zero-order valence-electron chi connectivity index (χ0n) is 20.9. The van der Waals surface area contributed by atoms with Gasteiger partial charge in [-0.1, -0.05) is 65.0 Å². The van der Waals surface area contributed by atoms with Crippen molar-refractivity contribution in [3.8, 4) is 0 Å². The van der Waals surface area contributed by atoms with Gasteiger partial charge in [0, 0.05) is 43.3 Å². The molecular weight excluding hydrogens is 416 g/mol. The second-order valence-corrected chi connectivity index (χ2v) is 9.92. The molecule has 1 aromatic carbocycles. The molecule has 0 heterocycles. The van der Waals surface area contributed by atoms with Gasteiger partial charge in [0.1, 0.15) is 17.6 Å². The molecule has 5 heteroatoms. The van der Waals surface area contributed by atoms with Crippen molar-refractivity contribution in [1.82, 2.24) is 0 Å². The van der Waals surface area contributed by atoms with Crippen LogP contribution >= 0.6 is 0 Å². The Balaban J connectivity index is 1.63. The molecule has 33 heavy (non-hydrogen) atoms. The fraction of sp³-hybridized carbons (Fsp3) is 0.571. The first-order valence-corrected chi connectivity index (χ1v) is 12.0. The van der Waals surface area contributed by atoms with Crippen LogP contribution in [-0.2, 0) is 30.2 Å². The molecular formula is C28H40O5. The van der Waals surface area contributed by atoms with Crippen molar-refractivity contribution in [2.24, 2.45) is 10.8 Å². The van der Waals surface area contributed by atoms with Gasteiger partial charge in [-0.15, -0.1) is 0 Å². The summed E-state index contributed by atoms with van der Waals surface area (Å²) in [6.45, 7) is 11.7. The molecule has 2 rings (SSSR count). The topological polar surface area (TPSA) is 61.8 Å². The number of carbonyl (C=O) groups is 2. The SMILES string of the molecule is CCCC(=O)OC1C=CC(OCCCOCCC(C)(C)C(=O)Cc2ccccc2)=CC1(C)C. The van der Waals surface area contributed by atoms with Crippen molar-refractivity contribution >= 4 is 11.8 Å². The Bertz CT molecular complexity index is 820. The summed E-state index contributed by atoms with van der Waals surface area (Å²) in [5.41, 5.74) is 0.322. The summed E-state index contributed by atoms with van der Waals surface area (Å²) < 4.78 is 17.2. The maximum absolute atomic E-state index is 12.6. The van der Waals surface area contributed by atoms with Gasteiger partial charge in [-0.25, -0.2) is 0 Å². The van der Waals surface area contributed by atoms with E-state index in [1.54, 1.807) is 0 Å². The van der Waals surface area contributed by atoms with Crippen LogP contribution in [0.25, 0.3) is 0 Å². The lowest BCUT2D eigenvalue weighted by Crippen LogP contribution is -2.33. The largest absolute Gasteiger partial charge is 0.494 e. The molecule has 182 valence electrons. The second kappa shape index (κ2) is 12.7. The number of carbonyl (C=O) groups excluding carboxylic acids is 2. The summed E-state index contributed by atoms with van der Waals surface area (Å²) in [5.74, 6) is 0.855. The van der Waals surface area contributed by atoms with Gasteiger partial charge in [-0.2, -0.15) is 0 Å². The number of ketones is 1. The predicted octanol–water partition coefficient (Wildman–Crippen LogP) is 5.83. The lowest BCUT2D eigenvalue weighted by molar-refractivity contribution is -0.150. The molecule has 0 saturated carbocycles. The zero-order chi connectivity index (χ0) is 24.3. The van der Waals surface area contributed by atoms with Crippen molar-refractivity contribution in [2.75, 3.05) is 19.8 Å². The predicted molar refractivity (Wildman–Crippen MR) is 131 cm³/mol. The quantitative estimate of drug-likeness (QED) is 0.260. The van der Waals surface area contributed by atoms with E-state index in [1.165, 1.54) is 0 Å². The minimum absolute atomic E-state index is 0.167. The van der Waals surface area contributed by atoms with Gasteiger partial charge in [-0.05, 0) is 36.6 Å². The Hall–Kier alpha value is -2.40. The molecule has 1 atom stereocenters. The first-order valence-electron chi connectivity index (χ1n) is 12.0. The Morgan fingerprint density at radius 1 is 1.06 bits per heavy atom.